The maximum Gasteiger partial charge on any atom is 0.191 e. The van der Waals surface area contributed by atoms with Crippen LogP contribution in [0.5, 0.6) is 17.2 Å². The Morgan fingerprint density at radius 3 is 2.05 bits per heavy atom. The molecule has 0 atom stereocenters. The Morgan fingerprint density at radius 1 is 0.757 bits per heavy atom. The van der Waals surface area contributed by atoms with Crippen molar-refractivity contribution >= 4 is 0 Å². The molecule has 0 fully saturated rings. The third-order valence-corrected chi connectivity index (χ3v) is 5.76. The van der Waals surface area contributed by atoms with Crippen molar-refractivity contribution in [3.63, 3.8) is 0 Å². The molecule has 0 saturated carbocycles. The highest BCUT2D eigenvalue weighted by molar-refractivity contribution is 5.70. The first kappa shape index (κ1) is 24.0. The molecule has 0 bridgehead atoms. The van der Waals surface area contributed by atoms with Crippen LogP contribution in [0.25, 0.3) is 28.3 Å². The monoisotopic (exact) mass is 499 g/mol. The van der Waals surface area contributed by atoms with Crippen LogP contribution in [0.4, 0.5) is 8.78 Å². The summed E-state index contributed by atoms with van der Waals surface area (Å²) in [6.07, 6.45) is 1.55. The van der Waals surface area contributed by atoms with Crippen LogP contribution in [0, 0.1) is 11.6 Å². The smallest absolute Gasteiger partial charge is 0.191 e. The first-order chi connectivity index (χ1) is 18.1. The summed E-state index contributed by atoms with van der Waals surface area (Å²) >= 11 is 0. The van der Waals surface area contributed by atoms with Gasteiger partial charge < -0.3 is 14.2 Å². The van der Waals surface area contributed by atoms with Gasteiger partial charge in [0, 0.05) is 11.6 Å². The number of ether oxygens (including phenoxy) is 3. The third-order valence-electron chi connectivity index (χ3n) is 5.76. The summed E-state index contributed by atoms with van der Waals surface area (Å²) in [6.45, 7) is 0.0474. The molecule has 0 spiro atoms. The minimum Gasteiger partial charge on any atom is -0.493 e. The number of methoxy groups -OCH3 is 2. The summed E-state index contributed by atoms with van der Waals surface area (Å²) in [6, 6.07) is 24.5. The quantitative estimate of drug-likeness (QED) is 0.245. The Morgan fingerprint density at radius 2 is 1.41 bits per heavy atom. The number of aromatic nitrogens is 3. The Bertz CT molecular complexity index is 1500. The number of rotatable bonds is 8. The largest absolute Gasteiger partial charge is 0.493 e. The molecular weight excluding hydrogens is 476 g/mol. The Labute approximate surface area is 212 Å². The molecule has 3 aromatic carbocycles. The number of nitrogens with zero attached hydrogens (tertiary/aromatic N) is 3. The fourth-order valence-corrected chi connectivity index (χ4v) is 3.92. The van der Waals surface area contributed by atoms with Gasteiger partial charge in [0.25, 0.3) is 0 Å². The number of benzene rings is 3. The van der Waals surface area contributed by atoms with Gasteiger partial charge in [-0.1, -0.05) is 48.5 Å². The van der Waals surface area contributed by atoms with E-state index < -0.39 is 17.4 Å². The zero-order chi connectivity index (χ0) is 25.8. The summed E-state index contributed by atoms with van der Waals surface area (Å²) in [4.78, 5) is 4.49. The van der Waals surface area contributed by atoms with E-state index in [2.05, 4.69) is 10.1 Å². The fraction of sp³-hybridized carbons (Fsp3) is 0.103. The standard InChI is InChI=1S/C29H23F2N3O3/c1-35-27-16-25(32-17-28(27)36-2)26-15-24(33-34(26)21-11-7-4-8-12-21)20-13-22(30)29(23(31)14-20)37-18-19-9-5-3-6-10-19/h3-17H,18H2,1-2H3. The van der Waals surface area contributed by atoms with Crippen LogP contribution < -0.4 is 14.2 Å². The van der Waals surface area contributed by atoms with Crippen molar-refractivity contribution in [2.75, 3.05) is 14.2 Å². The fourth-order valence-electron chi connectivity index (χ4n) is 3.92. The molecular formula is C29H23F2N3O3. The zero-order valence-corrected chi connectivity index (χ0v) is 20.2. The first-order valence-electron chi connectivity index (χ1n) is 11.5. The lowest BCUT2D eigenvalue weighted by Gasteiger charge is -2.10. The van der Waals surface area contributed by atoms with E-state index in [1.165, 1.54) is 26.4 Å². The SMILES string of the molecule is COc1cnc(-c2cc(-c3cc(F)c(OCc4ccccc4)c(F)c3)nn2-c2ccccc2)cc1OC. The molecule has 8 heteroatoms. The van der Waals surface area contributed by atoms with Crippen molar-refractivity contribution in [1.82, 2.24) is 14.8 Å². The lowest BCUT2D eigenvalue weighted by atomic mass is 10.1. The van der Waals surface area contributed by atoms with Crippen LogP contribution in [0.1, 0.15) is 5.56 Å². The number of hydrogen-bond acceptors (Lipinski definition) is 5. The van der Waals surface area contributed by atoms with Gasteiger partial charge in [0.05, 0.1) is 43.2 Å². The summed E-state index contributed by atoms with van der Waals surface area (Å²) in [5.74, 6) is -1.09. The second kappa shape index (κ2) is 10.5. The van der Waals surface area contributed by atoms with E-state index in [0.29, 0.717) is 28.6 Å². The summed E-state index contributed by atoms with van der Waals surface area (Å²) in [5.41, 5.74) is 3.33. The predicted octanol–water partition coefficient (Wildman–Crippen LogP) is 6.48. The van der Waals surface area contributed by atoms with Gasteiger partial charge in [-0.05, 0) is 35.9 Å². The number of para-hydroxylation sites is 1. The topological polar surface area (TPSA) is 58.4 Å². The lowest BCUT2D eigenvalue weighted by Crippen LogP contribution is -2.01. The molecule has 0 saturated heterocycles. The molecule has 0 amide bonds. The summed E-state index contributed by atoms with van der Waals surface area (Å²) in [5, 5.41) is 4.66. The minimum atomic E-state index is -0.814. The minimum absolute atomic E-state index is 0.0474. The molecule has 0 N–H and O–H groups in total. The van der Waals surface area contributed by atoms with Crippen molar-refractivity contribution in [2.45, 2.75) is 6.61 Å². The van der Waals surface area contributed by atoms with Gasteiger partial charge in [-0.2, -0.15) is 5.10 Å². The highest BCUT2D eigenvalue weighted by Gasteiger charge is 2.20. The summed E-state index contributed by atoms with van der Waals surface area (Å²) < 4.78 is 47.8. The van der Waals surface area contributed by atoms with Crippen molar-refractivity contribution in [3.05, 3.63) is 108 Å². The van der Waals surface area contributed by atoms with E-state index in [0.717, 1.165) is 11.3 Å². The van der Waals surface area contributed by atoms with E-state index >= 15 is 0 Å². The molecule has 0 aliphatic heterocycles. The molecule has 2 aromatic heterocycles. The van der Waals surface area contributed by atoms with Crippen LogP contribution in [-0.4, -0.2) is 29.0 Å². The highest BCUT2D eigenvalue weighted by atomic mass is 19.1. The van der Waals surface area contributed by atoms with Crippen LogP contribution >= 0.6 is 0 Å². The molecule has 0 aliphatic carbocycles. The van der Waals surface area contributed by atoms with E-state index in [9.17, 15) is 8.78 Å². The zero-order valence-electron chi connectivity index (χ0n) is 20.2. The molecule has 186 valence electrons. The van der Waals surface area contributed by atoms with Gasteiger partial charge in [0.1, 0.15) is 6.61 Å². The Hall–Kier alpha value is -4.72. The van der Waals surface area contributed by atoms with Gasteiger partial charge in [0.2, 0.25) is 0 Å². The van der Waals surface area contributed by atoms with Crippen molar-refractivity contribution in [1.29, 1.82) is 0 Å². The Kier molecular flexibility index (Phi) is 6.81. The van der Waals surface area contributed by atoms with E-state index in [-0.39, 0.29) is 12.2 Å². The molecule has 2 heterocycles. The lowest BCUT2D eigenvalue weighted by molar-refractivity contribution is 0.274. The van der Waals surface area contributed by atoms with Crippen LogP contribution in [-0.2, 0) is 6.61 Å². The van der Waals surface area contributed by atoms with Gasteiger partial charge in [-0.25, -0.2) is 13.5 Å². The maximum absolute atomic E-state index is 15.0. The third kappa shape index (κ3) is 4.99. The molecule has 5 rings (SSSR count). The van der Waals surface area contributed by atoms with Gasteiger partial charge >= 0.3 is 0 Å². The van der Waals surface area contributed by atoms with Gasteiger partial charge in [-0.15, -0.1) is 0 Å². The predicted molar refractivity (Wildman–Crippen MR) is 136 cm³/mol. The van der Waals surface area contributed by atoms with Crippen LogP contribution in [0.15, 0.2) is 91.1 Å². The molecule has 0 unspecified atom stereocenters. The number of hydrogen-bond donors (Lipinski definition) is 0. The van der Waals surface area contributed by atoms with Crippen molar-refractivity contribution < 1.29 is 23.0 Å². The van der Waals surface area contributed by atoms with Crippen LogP contribution in [0.2, 0.25) is 0 Å². The van der Waals surface area contributed by atoms with Crippen LogP contribution in [0.3, 0.4) is 0 Å². The molecule has 6 nitrogen and oxygen atoms in total. The number of halogens is 2. The van der Waals surface area contributed by atoms with E-state index in [1.807, 2.05) is 60.7 Å². The van der Waals surface area contributed by atoms with Gasteiger partial charge in [0.15, 0.2) is 28.9 Å². The maximum atomic E-state index is 15.0. The molecule has 0 aliphatic rings. The van der Waals surface area contributed by atoms with Crippen molar-refractivity contribution in [2.24, 2.45) is 0 Å². The van der Waals surface area contributed by atoms with E-state index in [1.54, 1.807) is 23.0 Å². The average Bonchev–Trinajstić information content (AvgIpc) is 3.39. The summed E-state index contributed by atoms with van der Waals surface area (Å²) in [7, 11) is 3.07. The number of pyridine rings is 1. The van der Waals surface area contributed by atoms with Crippen molar-refractivity contribution in [3.8, 4) is 45.6 Å². The average molecular weight is 500 g/mol. The van der Waals surface area contributed by atoms with Gasteiger partial charge in [-0.3, -0.25) is 4.98 Å². The second-order valence-electron chi connectivity index (χ2n) is 8.13. The molecule has 5 aromatic rings. The first-order valence-corrected chi connectivity index (χ1v) is 11.5. The second-order valence-corrected chi connectivity index (χ2v) is 8.13. The Balaban J connectivity index is 1.55. The highest BCUT2D eigenvalue weighted by Crippen LogP contribution is 2.35. The molecule has 37 heavy (non-hydrogen) atoms. The van der Waals surface area contributed by atoms with E-state index in [4.69, 9.17) is 14.2 Å². The molecule has 0 radical (unpaired) electrons. The normalized spacial score (nSPS) is 10.8.